The lowest BCUT2D eigenvalue weighted by molar-refractivity contribution is -0.00499. The summed E-state index contributed by atoms with van der Waals surface area (Å²) in [6, 6.07) is 2.04. The van der Waals surface area contributed by atoms with E-state index in [0.717, 1.165) is 49.2 Å². The molecule has 2 rings (SSSR count). The van der Waals surface area contributed by atoms with Crippen molar-refractivity contribution in [2.75, 3.05) is 20.2 Å². The molecule has 0 radical (unpaired) electrons. The summed E-state index contributed by atoms with van der Waals surface area (Å²) in [4.78, 5) is 18.5. The molecule has 122 valence electrons. The van der Waals surface area contributed by atoms with Gasteiger partial charge in [-0.1, -0.05) is 0 Å². The predicted molar refractivity (Wildman–Crippen MR) is 86.8 cm³/mol. The van der Waals surface area contributed by atoms with Crippen LogP contribution in [0.3, 0.4) is 0 Å². The van der Waals surface area contributed by atoms with Gasteiger partial charge < -0.3 is 15.0 Å². The number of methoxy groups -OCH3 is 1. The predicted octanol–water partition coefficient (Wildman–Crippen LogP) is 2.80. The molecule has 1 atom stereocenters. The zero-order valence-electron chi connectivity index (χ0n) is 14.1. The third-order valence-electron chi connectivity index (χ3n) is 4.61. The molecule has 0 bridgehead atoms. The van der Waals surface area contributed by atoms with Crippen molar-refractivity contribution >= 4 is 6.03 Å². The molecule has 0 saturated carbocycles. The average Bonchev–Trinajstić information content (AvgIpc) is 2.69. The van der Waals surface area contributed by atoms with Gasteiger partial charge in [-0.15, -0.1) is 0 Å². The molecule has 0 spiro atoms. The highest BCUT2D eigenvalue weighted by molar-refractivity contribution is 5.74. The molecule has 0 aliphatic carbocycles. The fourth-order valence-electron chi connectivity index (χ4n) is 2.85. The molecule has 2 heterocycles. The first kappa shape index (κ1) is 16.7. The Bertz CT molecular complexity index is 533. The van der Waals surface area contributed by atoms with E-state index in [4.69, 9.17) is 4.74 Å². The molecule has 1 aliphatic heterocycles. The van der Waals surface area contributed by atoms with Crippen LogP contribution >= 0.6 is 0 Å². The maximum Gasteiger partial charge on any atom is 0.317 e. The molecule has 5 nitrogen and oxygen atoms in total. The highest BCUT2D eigenvalue weighted by Crippen LogP contribution is 2.25. The lowest BCUT2D eigenvalue weighted by atomic mass is 9.97. The minimum Gasteiger partial charge on any atom is -0.378 e. The van der Waals surface area contributed by atoms with Crippen molar-refractivity contribution in [2.45, 2.75) is 52.2 Å². The Balaban J connectivity index is 1.89. The SMILES string of the molecule is COC1(C)CCCN(C(=O)NCc2cnc(C)cc2C)CC1. The number of carbonyl (C=O) groups is 1. The monoisotopic (exact) mass is 305 g/mol. The summed E-state index contributed by atoms with van der Waals surface area (Å²) >= 11 is 0. The smallest absolute Gasteiger partial charge is 0.317 e. The lowest BCUT2D eigenvalue weighted by Gasteiger charge is -2.26. The standard InChI is InChI=1S/C17H27N3O2/c1-13-10-14(2)18-11-15(13)12-19-16(21)20-8-5-6-17(3,22-4)7-9-20/h10-11H,5-9,12H2,1-4H3,(H,19,21). The van der Waals surface area contributed by atoms with Crippen LogP contribution in [-0.2, 0) is 11.3 Å². The lowest BCUT2D eigenvalue weighted by Crippen LogP contribution is -2.41. The van der Waals surface area contributed by atoms with Gasteiger partial charge >= 0.3 is 6.03 Å². The second-order valence-electron chi connectivity index (χ2n) is 6.41. The Kier molecular flexibility index (Phi) is 5.40. The van der Waals surface area contributed by atoms with Crippen molar-refractivity contribution in [3.8, 4) is 0 Å². The summed E-state index contributed by atoms with van der Waals surface area (Å²) in [6.45, 7) is 8.19. The number of nitrogens with zero attached hydrogens (tertiary/aromatic N) is 2. The molecule has 1 saturated heterocycles. The molecule has 1 aromatic heterocycles. The number of urea groups is 1. The van der Waals surface area contributed by atoms with Gasteiger partial charge in [-0.2, -0.15) is 0 Å². The molecule has 22 heavy (non-hydrogen) atoms. The van der Waals surface area contributed by atoms with Gasteiger partial charge in [-0.3, -0.25) is 4.98 Å². The highest BCUT2D eigenvalue weighted by Gasteiger charge is 2.29. The van der Waals surface area contributed by atoms with E-state index in [1.165, 1.54) is 0 Å². The van der Waals surface area contributed by atoms with Crippen LogP contribution in [0.1, 0.15) is 43.0 Å². The second kappa shape index (κ2) is 7.09. The van der Waals surface area contributed by atoms with E-state index in [1.807, 2.05) is 31.0 Å². The Morgan fingerprint density at radius 1 is 1.41 bits per heavy atom. The van der Waals surface area contributed by atoms with E-state index < -0.39 is 0 Å². The van der Waals surface area contributed by atoms with Gasteiger partial charge in [0.1, 0.15) is 0 Å². The Morgan fingerprint density at radius 3 is 2.86 bits per heavy atom. The number of nitrogens with one attached hydrogen (secondary N) is 1. The summed E-state index contributed by atoms with van der Waals surface area (Å²) < 4.78 is 5.58. The molecule has 5 heteroatoms. The third kappa shape index (κ3) is 4.19. The van der Waals surface area contributed by atoms with Crippen LogP contribution in [0.15, 0.2) is 12.3 Å². The van der Waals surface area contributed by atoms with Crippen molar-refractivity contribution < 1.29 is 9.53 Å². The number of carbonyl (C=O) groups excluding carboxylic acids is 1. The minimum absolute atomic E-state index is 0.000304. The molecule has 1 N–H and O–H groups in total. The van der Waals surface area contributed by atoms with Crippen molar-refractivity contribution in [3.63, 3.8) is 0 Å². The minimum atomic E-state index is -0.105. The van der Waals surface area contributed by atoms with Crippen molar-refractivity contribution in [3.05, 3.63) is 29.1 Å². The number of likely N-dealkylation sites (tertiary alicyclic amines) is 1. The van der Waals surface area contributed by atoms with E-state index in [1.54, 1.807) is 7.11 Å². The van der Waals surface area contributed by atoms with Gasteiger partial charge in [0.05, 0.1) is 5.60 Å². The maximum atomic E-state index is 12.4. The van der Waals surface area contributed by atoms with Gasteiger partial charge in [0, 0.05) is 38.6 Å². The molecule has 1 aliphatic rings. The molecule has 0 aromatic carbocycles. The number of aromatic nitrogens is 1. The molecule has 1 fully saturated rings. The summed E-state index contributed by atoms with van der Waals surface area (Å²) in [6.07, 6.45) is 4.69. The fraction of sp³-hybridized carbons (Fsp3) is 0.647. The van der Waals surface area contributed by atoms with Crippen LogP contribution < -0.4 is 5.32 Å². The van der Waals surface area contributed by atoms with Crippen LogP contribution in [0.5, 0.6) is 0 Å². The van der Waals surface area contributed by atoms with Crippen LogP contribution in [0.4, 0.5) is 4.79 Å². The summed E-state index contributed by atoms with van der Waals surface area (Å²) in [7, 11) is 1.75. The van der Waals surface area contributed by atoms with Gasteiger partial charge in [0.2, 0.25) is 0 Å². The number of hydrogen-bond acceptors (Lipinski definition) is 3. The molecular formula is C17H27N3O2. The first-order chi connectivity index (χ1) is 10.4. The molecule has 1 unspecified atom stereocenters. The zero-order chi connectivity index (χ0) is 16.2. The number of rotatable bonds is 3. The molecular weight excluding hydrogens is 278 g/mol. The van der Waals surface area contributed by atoms with E-state index in [-0.39, 0.29) is 11.6 Å². The largest absolute Gasteiger partial charge is 0.378 e. The van der Waals surface area contributed by atoms with E-state index in [0.29, 0.717) is 6.54 Å². The summed E-state index contributed by atoms with van der Waals surface area (Å²) in [5, 5.41) is 3.01. The van der Waals surface area contributed by atoms with Crippen LogP contribution in [0, 0.1) is 13.8 Å². The van der Waals surface area contributed by atoms with Gasteiger partial charge in [0.15, 0.2) is 0 Å². The number of aryl methyl sites for hydroxylation is 2. The van der Waals surface area contributed by atoms with Crippen molar-refractivity contribution in [1.29, 1.82) is 0 Å². The Hall–Kier alpha value is -1.62. The third-order valence-corrected chi connectivity index (χ3v) is 4.61. The van der Waals surface area contributed by atoms with Gasteiger partial charge in [0.25, 0.3) is 0 Å². The number of ether oxygens (including phenoxy) is 1. The Labute approximate surface area is 133 Å². The van der Waals surface area contributed by atoms with Gasteiger partial charge in [-0.05, 0) is 57.2 Å². The summed E-state index contributed by atoms with van der Waals surface area (Å²) in [5.41, 5.74) is 3.12. The van der Waals surface area contributed by atoms with Crippen molar-refractivity contribution in [2.24, 2.45) is 0 Å². The normalized spacial score (nSPS) is 22.3. The summed E-state index contributed by atoms with van der Waals surface area (Å²) in [5.74, 6) is 0. The fourth-order valence-corrected chi connectivity index (χ4v) is 2.85. The first-order valence-electron chi connectivity index (χ1n) is 7.93. The zero-order valence-corrected chi connectivity index (χ0v) is 14.1. The number of hydrogen-bond donors (Lipinski definition) is 1. The first-order valence-corrected chi connectivity index (χ1v) is 7.93. The van der Waals surface area contributed by atoms with E-state index >= 15 is 0 Å². The van der Waals surface area contributed by atoms with Crippen LogP contribution in [0.25, 0.3) is 0 Å². The average molecular weight is 305 g/mol. The molecule has 2 amide bonds. The highest BCUT2D eigenvalue weighted by atomic mass is 16.5. The second-order valence-corrected chi connectivity index (χ2v) is 6.41. The van der Waals surface area contributed by atoms with Gasteiger partial charge in [-0.25, -0.2) is 4.79 Å². The number of amides is 2. The van der Waals surface area contributed by atoms with Crippen LogP contribution in [-0.4, -0.2) is 41.7 Å². The maximum absolute atomic E-state index is 12.4. The van der Waals surface area contributed by atoms with E-state index in [2.05, 4.69) is 17.2 Å². The van der Waals surface area contributed by atoms with E-state index in [9.17, 15) is 4.79 Å². The topological polar surface area (TPSA) is 54.5 Å². The molecule has 1 aromatic rings. The quantitative estimate of drug-likeness (QED) is 0.934. The van der Waals surface area contributed by atoms with Crippen LogP contribution in [0.2, 0.25) is 0 Å². The van der Waals surface area contributed by atoms with Crippen molar-refractivity contribution in [1.82, 2.24) is 15.2 Å². The Morgan fingerprint density at radius 2 is 2.18 bits per heavy atom. The number of pyridine rings is 1.